The molecule has 6 nitrogen and oxygen atoms in total. The van der Waals surface area contributed by atoms with Crippen molar-refractivity contribution in [3.8, 4) is 0 Å². The summed E-state index contributed by atoms with van der Waals surface area (Å²) in [6, 6.07) is 3.15. The van der Waals surface area contributed by atoms with E-state index >= 15 is 0 Å². The van der Waals surface area contributed by atoms with Crippen LogP contribution in [0.2, 0.25) is 0 Å². The summed E-state index contributed by atoms with van der Waals surface area (Å²) in [5, 5.41) is 2.80. The maximum absolute atomic E-state index is 11.0. The van der Waals surface area contributed by atoms with Gasteiger partial charge in [0.15, 0.2) is 0 Å². The number of hydrogen-bond acceptors (Lipinski definition) is 6. The van der Waals surface area contributed by atoms with Crippen molar-refractivity contribution in [3.05, 3.63) is 23.7 Å². The van der Waals surface area contributed by atoms with E-state index < -0.39 is 5.97 Å². The molecule has 1 aromatic rings. The highest BCUT2D eigenvalue weighted by atomic mass is 16.5. The highest BCUT2D eigenvalue weighted by Gasteiger charge is 2.10. The van der Waals surface area contributed by atoms with Crippen LogP contribution in [0, 0.1) is 0 Å². The van der Waals surface area contributed by atoms with Crippen LogP contribution < -0.4 is 5.32 Å². The second kappa shape index (κ2) is 5.92. The Balaban J connectivity index is 2.41. The van der Waals surface area contributed by atoms with E-state index in [2.05, 4.69) is 14.8 Å². The average molecular weight is 227 g/mol. The monoisotopic (exact) mass is 227 g/mol. The van der Waals surface area contributed by atoms with Gasteiger partial charge in [0.1, 0.15) is 5.76 Å². The van der Waals surface area contributed by atoms with Gasteiger partial charge in [-0.15, -0.1) is 0 Å². The van der Waals surface area contributed by atoms with Gasteiger partial charge in [-0.25, -0.2) is 4.79 Å². The highest BCUT2D eigenvalue weighted by molar-refractivity contribution is 5.86. The zero-order chi connectivity index (χ0) is 12.0. The molecule has 1 N–H and O–H groups in total. The second-order valence-electron chi connectivity index (χ2n) is 2.94. The zero-order valence-electron chi connectivity index (χ0n) is 9.11. The predicted octanol–water partition coefficient (Wildman–Crippen LogP) is 0.329. The van der Waals surface area contributed by atoms with Crippen LogP contribution in [0.25, 0.3) is 0 Å². The smallest absolute Gasteiger partial charge is 0.373 e. The molecule has 6 heteroatoms. The molecule has 0 saturated carbocycles. The Morgan fingerprint density at radius 1 is 1.31 bits per heavy atom. The normalized spacial score (nSPS) is 9.88. The fraction of sp³-hybridized carbons (Fsp3) is 0.400. The number of furan rings is 1. The highest BCUT2D eigenvalue weighted by Crippen LogP contribution is 2.08. The van der Waals surface area contributed by atoms with Crippen molar-refractivity contribution in [2.24, 2.45) is 0 Å². The van der Waals surface area contributed by atoms with Gasteiger partial charge in [-0.05, 0) is 12.1 Å². The lowest BCUT2D eigenvalue weighted by Gasteiger charge is -2.00. The summed E-state index contributed by atoms with van der Waals surface area (Å²) in [4.78, 5) is 21.8. The molecule has 0 bridgehead atoms. The van der Waals surface area contributed by atoms with Crippen molar-refractivity contribution in [2.45, 2.75) is 6.54 Å². The number of rotatable bonds is 5. The van der Waals surface area contributed by atoms with Gasteiger partial charge in [-0.2, -0.15) is 0 Å². The maximum atomic E-state index is 11.0. The van der Waals surface area contributed by atoms with Crippen LogP contribution in [0.15, 0.2) is 16.5 Å². The van der Waals surface area contributed by atoms with Crippen LogP contribution >= 0.6 is 0 Å². The molecule has 0 spiro atoms. The molecule has 0 aromatic carbocycles. The van der Waals surface area contributed by atoms with Crippen molar-refractivity contribution in [1.82, 2.24) is 5.32 Å². The van der Waals surface area contributed by atoms with Gasteiger partial charge >= 0.3 is 11.9 Å². The molecular weight excluding hydrogens is 214 g/mol. The van der Waals surface area contributed by atoms with Crippen LogP contribution in [0.5, 0.6) is 0 Å². The molecule has 16 heavy (non-hydrogen) atoms. The number of hydrogen-bond donors (Lipinski definition) is 1. The third-order valence-electron chi connectivity index (χ3n) is 1.84. The molecule has 0 saturated heterocycles. The summed E-state index contributed by atoms with van der Waals surface area (Å²) >= 11 is 0. The van der Waals surface area contributed by atoms with Crippen molar-refractivity contribution in [2.75, 3.05) is 20.8 Å². The van der Waals surface area contributed by atoms with E-state index in [1.54, 1.807) is 6.07 Å². The standard InChI is InChI=1S/C10H13NO5/c1-14-9(12)6-11-5-7-3-4-8(16-7)10(13)15-2/h3-4,11H,5-6H2,1-2H3. The van der Waals surface area contributed by atoms with Gasteiger partial charge < -0.3 is 13.9 Å². The fourth-order valence-corrected chi connectivity index (χ4v) is 1.04. The number of esters is 2. The average Bonchev–Trinajstić information content (AvgIpc) is 2.76. The molecule has 1 rings (SSSR count). The Hall–Kier alpha value is -1.82. The molecule has 0 aliphatic carbocycles. The molecule has 0 unspecified atom stereocenters. The first-order valence-electron chi connectivity index (χ1n) is 4.62. The molecule has 1 heterocycles. The summed E-state index contributed by atoms with van der Waals surface area (Å²) < 4.78 is 14.1. The molecule has 0 radical (unpaired) electrons. The van der Waals surface area contributed by atoms with E-state index in [-0.39, 0.29) is 18.3 Å². The number of ether oxygens (including phenoxy) is 2. The molecule has 0 amide bonds. The Labute approximate surface area is 92.5 Å². The van der Waals surface area contributed by atoms with Crippen LogP contribution in [-0.4, -0.2) is 32.7 Å². The quantitative estimate of drug-likeness (QED) is 0.730. The second-order valence-corrected chi connectivity index (χ2v) is 2.94. The van der Waals surface area contributed by atoms with E-state index in [0.29, 0.717) is 12.3 Å². The van der Waals surface area contributed by atoms with E-state index in [9.17, 15) is 9.59 Å². The largest absolute Gasteiger partial charge is 0.468 e. The van der Waals surface area contributed by atoms with Crippen LogP contribution in [-0.2, 0) is 20.8 Å². The maximum Gasteiger partial charge on any atom is 0.373 e. The van der Waals surface area contributed by atoms with Gasteiger partial charge in [-0.3, -0.25) is 10.1 Å². The zero-order valence-corrected chi connectivity index (χ0v) is 9.11. The summed E-state index contributed by atoms with van der Waals surface area (Å²) in [7, 11) is 2.59. The lowest BCUT2D eigenvalue weighted by atomic mass is 10.4. The number of methoxy groups -OCH3 is 2. The van der Waals surface area contributed by atoms with Crippen molar-refractivity contribution < 1.29 is 23.5 Å². The molecule has 0 aliphatic heterocycles. The molecule has 1 aromatic heterocycles. The SMILES string of the molecule is COC(=O)CNCc1ccc(C(=O)OC)o1. The van der Waals surface area contributed by atoms with Crippen molar-refractivity contribution in [1.29, 1.82) is 0 Å². The van der Waals surface area contributed by atoms with Gasteiger partial charge in [0.25, 0.3) is 0 Å². The number of carbonyl (C=O) groups excluding carboxylic acids is 2. The first kappa shape index (κ1) is 12.3. The van der Waals surface area contributed by atoms with Crippen molar-refractivity contribution in [3.63, 3.8) is 0 Å². The summed E-state index contributed by atoms with van der Waals surface area (Å²) in [5.41, 5.74) is 0. The van der Waals surface area contributed by atoms with Gasteiger partial charge in [0, 0.05) is 0 Å². The van der Waals surface area contributed by atoms with Gasteiger partial charge in [-0.1, -0.05) is 0 Å². The lowest BCUT2D eigenvalue weighted by molar-refractivity contribution is -0.139. The van der Waals surface area contributed by atoms with E-state index in [4.69, 9.17) is 4.42 Å². The van der Waals surface area contributed by atoms with Gasteiger partial charge in [0.2, 0.25) is 5.76 Å². The van der Waals surface area contributed by atoms with Gasteiger partial charge in [0.05, 0.1) is 27.3 Å². The minimum Gasteiger partial charge on any atom is -0.468 e. The Kier molecular flexibility index (Phi) is 4.53. The molecule has 0 aliphatic rings. The first-order chi connectivity index (χ1) is 7.67. The summed E-state index contributed by atoms with van der Waals surface area (Å²) in [6.07, 6.45) is 0. The third-order valence-corrected chi connectivity index (χ3v) is 1.84. The third kappa shape index (κ3) is 3.39. The Morgan fingerprint density at radius 2 is 2.06 bits per heavy atom. The Morgan fingerprint density at radius 3 is 2.69 bits per heavy atom. The minimum atomic E-state index is -0.529. The topological polar surface area (TPSA) is 77.8 Å². The summed E-state index contributed by atoms with van der Waals surface area (Å²) in [6.45, 7) is 0.427. The van der Waals surface area contributed by atoms with E-state index in [1.807, 2.05) is 0 Å². The number of nitrogens with one attached hydrogen (secondary N) is 1. The first-order valence-corrected chi connectivity index (χ1v) is 4.62. The van der Waals surface area contributed by atoms with Crippen LogP contribution in [0.3, 0.4) is 0 Å². The van der Waals surface area contributed by atoms with Crippen molar-refractivity contribution >= 4 is 11.9 Å². The fourth-order valence-electron chi connectivity index (χ4n) is 1.04. The molecular formula is C10H13NO5. The minimum absolute atomic E-state index is 0.0881. The number of carbonyl (C=O) groups is 2. The Bertz CT molecular complexity index is 371. The van der Waals surface area contributed by atoms with Crippen LogP contribution in [0.4, 0.5) is 0 Å². The van der Waals surface area contributed by atoms with E-state index in [0.717, 1.165) is 0 Å². The molecule has 88 valence electrons. The van der Waals surface area contributed by atoms with E-state index in [1.165, 1.54) is 20.3 Å². The predicted molar refractivity (Wildman–Crippen MR) is 53.8 cm³/mol. The molecule has 0 fully saturated rings. The van der Waals surface area contributed by atoms with Crippen LogP contribution in [0.1, 0.15) is 16.3 Å². The lowest BCUT2D eigenvalue weighted by Crippen LogP contribution is -2.23. The molecule has 0 atom stereocenters. The summed E-state index contributed by atoms with van der Waals surface area (Å²) in [5.74, 6) is -0.208.